The normalized spacial score (nSPS) is 13.5. The first-order valence-electron chi connectivity index (χ1n) is 8.91. The molecule has 1 amide bonds. The highest BCUT2D eigenvalue weighted by Gasteiger charge is 2.19. The third-order valence-electron chi connectivity index (χ3n) is 4.83. The van der Waals surface area contributed by atoms with Crippen LogP contribution >= 0.6 is 0 Å². The van der Waals surface area contributed by atoms with Gasteiger partial charge >= 0.3 is 5.63 Å². The fourth-order valence-corrected chi connectivity index (χ4v) is 3.75. The van der Waals surface area contributed by atoms with Gasteiger partial charge in [-0.25, -0.2) is 4.79 Å². The predicted octanol–water partition coefficient (Wildman–Crippen LogP) is 0.702. The van der Waals surface area contributed by atoms with Crippen molar-refractivity contribution in [3.63, 3.8) is 0 Å². The van der Waals surface area contributed by atoms with Crippen molar-refractivity contribution in [3.05, 3.63) is 45.5 Å². The predicted molar refractivity (Wildman–Crippen MR) is 106 cm³/mol. The van der Waals surface area contributed by atoms with E-state index in [0.29, 0.717) is 22.1 Å². The summed E-state index contributed by atoms with van der Waals surface area (Å²) in [7, 11) is -1.20. The zero-order valence-corrected chi connectivity index (χ0v) is 17.0. The van der Waals surface area contributed by atoms with Crippen LogP contribution in [-0.4, -0.2) is 34.1 Å². The largest absolute Gasteiger partial charge is 0.548 e. The molecule has 0 radical (unpaired) electrons. The van der Waals surface area contributed by atoms with E-state index in [2.05, 4.69) is 5.32 Å². The van der Waals surface area contributed by atoms with Crippen molar-refractivity contribution < 1.29 is 27.7 Å². The van der Waals surface area contributed by atoms with Gasteiger partial charge in [0.2, 0.25) is 5.91 Å². The van der Waals surface area contributed by atoms with Crippen molar-refractivity contribution in [2.45, 2.75) is 32.7 Å². The van der Waals surface area contributed by atoms with Crippen LogP contribution < -0.4 is 16.0 Å². The van der Waals surface area contributed by atoms with Gasteiger partial charge in [0.1, 0.15) is 11.2 Å². The molecule has 3 aromatic rings. The Morgan fingerprint density at radius 2 is 1.93 bits per heavy atom. The summed E-state index contributed by atoms with van der Waals surface area (Å²) >= 11 is 0. The number of hydrogen-bond acceptors (Lipinski definition) is 7. The Morgan fingerprint density at radius 3 is 2.59 bits per heavy atom. The van der Waals surface area contributed by atoms with Crippen molar-refractivity contribution in [1.82, 2.24) is 5.32 Å². The number of amides is 1. The Morgan fingerprint density at radius 1 is 1.21 bits per heavy atom. The van der Waals surface area contributed by atoms with E-state index in [9.17, 15) is 23.7 Å². The van der Waals surface area contributed by atoms with Crippen molar-refractivity contribution in [2.75, 3.05) is 12.0 Å². The average Bonchev–Trinajstić information content (AvgIpc) is 3.00. The van der Waals surface area contributed by atoms with Crippen LogP contribution in [0.15, 0.2) is 32.0 Å². The van der Waals surface area contributed by atoms with Crippen molar-refractivity contribution in [1.29, 1.82) is 0 Å². The Kier molecular flexibility index (Phi) is 5.88. The van der Waals surface area contributed by atoms with Gasteiger partial charge in [-0.3, -0.25) is 9.00 Å². The summed E-state index contributed by atoms with van der Waals surface area (Å²) < 4.78 is 22.0. The number of fused-ring (bicyclic) bond motifs is 2. The second-order valence-corrected chi connectivity index (χ2v) is 8.49. The first kappa shape index (κ1) is 20.8. The van der Waals surface area contributed by atoms with Gasteiger partial charge in [-0.05, 0) is 37.5 Å². The lowest BCUT2D eigenvalue weighted by atomic mass is 10.0. The van der Waals surface area contributed by atoms with Crippen LogP contribution in [0.2, 0.25) is 0 Å². The standard InChI is InChI=1S/C20H21NO7S/c1-10-9-27-16-8-17-13(6-12(10)16)11(2)14(20(25)28-17)7-18(22)21-15(19(23)24)4-5-29(3)26/h6,8-9,15H,4-5,7H2,1-3H3,(H,21,22)(H,23,24)/p-1/t15-,29+/m1/s1. The topological polar surface area (TPSA) is 130 Å². The van der Waals surface area contributed by atoms with E-state index in [-0.39, 0.29) is 24.2 Å². The van der Waals surface area contributed by atoms with Crippen LogP contribution in [0.4, 0.5) is 0 Å². The van der Waals surface area contributed by atoms with Crippen LogP contribution in [0.1, 0.15) is 23.1 Å². The molecule has 0 saturated heterocycles. The number of benzene rings is 1. The number of hydrogen-bond donors (Lipinski definition) is 1. The molecule has 29 heavy (non-hydrogen) atoms. The molecule has 3 rings (SSSR count). The third kappa shape index (κ3) is 4.40. The minimum atomic E-state index is -1.47. The van der Waals surface area contributed by atoms with E-state index >= 15 is 0 Å². The van der Waals surface area contributed by atoms with Crippen LogP contribution in [0, 0.1) is 13.8 Å². The Hall–Kier alpha value is -2.94. The van der Waals surface area contributed by atoms with Crippen molar-refractivity contribution in [2.24, 2.45) is 0 Å². The maximum atomic E-state index is 12.4. The van der Waals surface area contributed by atoms with Gasteiger partial charge in [0.25, 0.3) is 0 Å². The van der Waals surface area contributed by atoms with Crippen LogP contribution in [-0.2, 0) is 26.8 Å². The van der Waals surface area contributed by atoms with E-state index in [1.54, 1.807) is 19.3 Å². The lowest BCUT2D eigenvalue weighted by Gasteiger charge is -2.19. The quantitative estimate of drug-likeness (QED) is 0.559. The summed E-state index contributed by atoms with van der Waals surface area (Å²) in [6, 6.07) is 2.18. The van der Waals surface area contributed by atoms with E-state index in [0.717, 1.165) is 10.9 Å². The van der Waals surface area contributed by atoms with E-state index < -0.39 is 34.3 Å². The molecule has 2 heterocycles. The molecule has 0 aliphatic carbocycles. The highest BCUT2D eigenvalue weighted by molar-refractivity contribution is 7.84. The number of carbonyl (C=O) groups is 2. The molecule has 8 nitrogen and oxygen atoms in total. The van der Waals surface area contributed by atoms with Gasteiger partial charge in [0.05, 0.1) is 30.3 Å². The number of carboxylic acids is 1. The highest BCUT2D eigenvalue weighted by atomic mass is 32.2. The molecule has 9 heteroatoms. The number of furan rings is 1. The molecule has 0 aliphatic rings. The summed E-state index contributed by atoms with van der Waals surface area (Å²) in [6.07, 6.45) is 2.68. The molecular weight excluding hydrogens is 398 g/mol. The number of carboxylic acid groups (broad SMARTS) is 1. The van der Waals surface area contributed by atoms with Gasteiger partial charge in [-0.2, -0.15) is 0 Å². The molecule has 0 bridgehead atoms. The molecule has 0 aliphatic heterocycles. The number of carbonyl (C=O) groups excluding carboxylic acids is 2. The molecule has 0 saturated carbocycles. The highest BCUT2D eigenvalue weighted by Crippen LogP contribution is 2.28. The van der Waals surface area contributed by atoms with Crippen LogP contribution in [0.5, 0.6) is 0 Å². The number of rotatable bonds is 7. The first-order valence-corrected chi connectivity index (χ1v) is 10.6. The summed E-state index contributed by atoms with van der Waals surface area (Å²) in [6.45, 7) is 3.60. The minimum Gasteiger partial charge on any atom is -0.548 e. The molecule has 0 unspecified atom stereocenters. The Bertz CT molecular complexity index is 1190. The summed E-state index contributed by atoms with van der Waals surface area (Å²) in [5.41, 5.74) is 1.91. The molecule has 2 atom stereocenters. The van der Waals surface area contributed by atoms with E-state index in [1.165, 1.54) is 6.26 Å². The molecule has 0 fully saturated rings. The minimum absolute atomic E-state index is 0.0275. The molecule has 1 N–H and O–H groups in total. The maximum Gasteiger partial charge on any atom is 0.340 e. The second kappa shape index (κ2) is 8.20. The monoisotopic (exact) mass is 418 g/mol. The van der Waals surface area contributed by atoms with Crippen molar-refractivity contribution in [3.8, 4) is 0 Å². The second-order valence-electron chi connectivity index (χ2n) is 6.94. The number of aliphatic carboxylic acids is 1. The Labute approximate surface area is 168 Å². The zero-order chi connectivity index (χ0) is 21.3. The van der Waals surface area contributed by atoms with Gasteiger partial charge in [-0.15, -0.1) is 0 Å². The summed E-state index contributed by atoms with van der Waals surface area (Å²) in [5.74, 6) is -2.02. The lowest BCUT2D eigenvalue weighted by molar-refractivity contribution is -0.308. The smallest absolute Gasteiger partial charge is 0.340 e. The molecule has 0 spiro atoms. The van der Waals surface area contributed by atoms with E-state index in [4.69, 9.17) is 8.83 Å². The molecule has 2 aromatic heterocycles. The number of nitrogens with one attached hydrogen (secondary N) is 1. The van der Waals surface area contributed by atoms with Crippen LogP contribution in [0.3, 0.4) is 0 Å². The van der Waals surface area contributed by atoms with Gasteiger partial charge < -0.3 is 24.1 Å². The maximum absolute atomic E-state index is 12.4. The van der Waals surface area contributed by atoms with E-state index in [1.807, 2.05) is 13.0 Å². The third-order valence-corrected chi connectivity index (χ3v) is 5.64. The lowest BCUT2D eigenvalue weighted by Crippen LogP contribution is -2.49. The SMILES string of the molecule is Cc1coc2cc3oc(=O)c(CC(=O)N[C@H](CC[S@](C)=O)C(=O)[O-])c(C)c3cc12. The van der Waals surface area contributed by atoms with Crippen LogP contribution in [0.25, 0.3) is 21.9 Å². The van der Waals surface area contributed by atoms with Crippen molar-refractivity contribution >= 4 is 44.6 Å². The average molecular weight is 418 g/mol. The molecule has 154 valence electrons. The zero-order valence-electron chi connectivity index (χ0n) is 16.2. The van der Waals surface area contributed by atoms with Gasteiger partial charge in [-0.1, -0.05) is 0 Å². The molecule has 1 aromatic carbocycles. The first-order chi connectivity index (χ1) is 13.7. The fourth-order valence-electron chi connectivity index (χ4n) is 3.18. The number of aryl methyl sites for hydroxylation is 2. The Balaban J connectivity index is 1.90. The van der Waals surface area contributed by atoms with Gasteiger partial charge in [0.15, 0.2) is 0 Å². The summed E-state index contributed by atoms with van der Waals surface area (Å²) in [4.78, 5) is 36.0. The summed E-state index contributed by atoms with van der Waals surface area (Å²) in [5, 5.41) is 15.1. The fraction of sp³-hybridized carbons (Fsp3) is 0.350. The molecular formula is C20H20NO7S-. The van der Waals surface area contributed by atoms with Gasteiger partial charge in [0, 0.05) is 39.6 Å².